The second-order valence-electron chi connectivity index (χ2n) is 0. The summed E-state index contributed by atoms with van der Waals surface area (Å²) >= 11 is 0. The van der Waals surface area contributed by atoms with Gasteiger partial charge in [0.1, 0.15) is 0 Å². The predicted molar refractivity (Wildman–Crippen MR) is 18.9 cm³/mol. The van der Waals surface area contributed by atoms with E-state index in [4.69, 9.17) is 0 Å². The fourth-order valence-electron chi connectivity index (χ4n) is 0. The molecule has 0 aromatic heterocycles. The summed E-state index contributed by atoms with van der Waals surface area (Å²) in [6.07, 6.45) is 0. The summed E-state index contributed by atoms with van der Waals surface area (Å²) in [7, 11) is 0. The first-order chi connectivity index (χ1) is 0. The van der Waals surface area contributed by atoms with Crippen molar-refractivity contribution in [1.82, 2.24) is 0 Å². The Morgan fingerprint density at radius 2 is 1.00 bits per heavy atom. The molecule has 0 bridgehead atoms. The van der Waals surface area contributed by atoms with E-state index in [1.54, 1.807) is 0 Å². The van der Waals surface area contributed by atoms with Crippen molar-refractivity contribution >= 4 is 37.2 Å². The van der Waals surface area contributed by atoms with E-state index in [1.807, 2.05) is 0 Å². The Kier molecular flexibility index (Phi) is 169. The van der Waals surface area contributed by atoms with E-state index in [-0.39, 0.29) is 70.7 Å². The summed E-state index contributed by atoms with van der Waals surface area (Å²) in [6, 6.07) is 0. The normalized spacial score (nSPS) is 0. The molecule has 0 fully saturated rings. The minimum atomic E-state index is 0. The van der Waals surface area contributed by atoms with E-state index in [0.29, 0.717) is 0 Å². The third-order valence-corrected chi connectivity index (χ3v) is 0. The molecule has 0 amide bonds. The molecule has 0 heterocycles. The molecular weight excluding hydrogens is 274 g/mol. The average Bonchev–Trinajstić information content (AvgIpc) is 0. The molecule has 0 spiro atoms. The molecule has 4 heavy (non-hydrogen) atoms. The van der Waals surface area contributed by atoms with E-state index in [0.717, 1.165) is 0 Å². The third-order valence-electron chi connectivity index (χ3n) is 0. The van der Waals surface area contributed by atoms with Crippen LogP contribution < -0.4 is 0 Å². The summed E-state index contributed by atoms with van der Waals surface area (Å²) in [5.74, 6) is 0. The molecule has 0 saturated carbocycles. The van der Waals surface area contributed by atoms with E-state index in [1.165, 1.54) is 0 Å². The van der Waals surface area contributed by atoms with Gasteiger partial charge in [0.05, 0.1) is 0 Å². The van der Waals surface area contributed by atoms with Crippen LogP contribution in [0, 0.1) is 0 Å². The fourth-order valence-corrected chi connectivity index (χ4v) is 0. The van der Waals surface area contributed by atoms with Crippen molar-refractivity contribution in [3.8, 4) is 0 Å². The van der Waals surface area contributed by atoms with Gasteiger partial charge in [-0.3, -0.25) is 0 Å². The van der Waals surface area contributed by atoms with Gasteiger partial charge >= 0.3 is 23.7 Å². The van der Waals surface area contributed by atoms with Crippen molar-refractivity contribution in [2.75, 3.05) is 0 Å². The second-order valence-corrected chi connectivity index (χ2v) is 0. The van der Waals surface area contributed by atoms with Gasteiger partial charge in [-0.25, -0.2) is 0 Å². The maximum atomic E-state index is 0. The van der Waals surface area contributed by atoms with Gasteiger partial charge in [-0.05, 0) is 0 Å². The Morgan fingerprint density at radius 1 is 1.00 bits per heavy atom. The van der Waals surface area contributed by atoms with E-state index in [9.17, 15) is 0 Å². The zero-order valence-corrected chi connectivity index (χ0v) is 7.62. The second kappa shape index (κ2) is 19.2. The molecule has 4 heteroatoms. The Bertz CT molecular complexity index is 8.00. The number of hydrogen-bond acceptors (Lipinski definition) is 0. The van der Waals surface area contributed by atoms with Gasteiger partial charge in [-0.2, -0.15) is 13.5 Å². The van der Waals surface area contributed by atoms with Crippen LogP contribution in [0.5, 0.6) is 0 Å². The fraction of sp³-hybridized carbons (Fsp3) is 0. The monoisotopic (exact) mass is 280 g/mol. The van der Waals surface area contributed by atoms with Crippen molar-refractivity contribution < 1.29 is 33.6 Å². The molecule has 0 N–H and O–H groups in total. The van der Waals surface area contributed by atoms with Crippen LogP contribution in [-0.4, -0.2) is 23.7 Å². The zero-order valence-electron chi connectivity index (χ0n) is 1.67. The first-order valence-corrected chi connectivity index (χ1v) is 0. The Labute approximate surface area is 70.1 Å². The molecule has 34 valence electrons. The first kappa shape index (κ1) is 35.3. The molecule has 0 nitrogen and oxygen atoms in total. The molecule has 0 unspecified atom stereocenters. The van der Waals surface area contributed by atoms with E-state index >= 15 is 0 Å². The minimum absolute atomic E-state index is 0. The SMILES string of the molecule is S.[Fe].[Ni].[TeH2]. The summed E-state index contributed by atoms with van der Waals surface area (Å²) in [5.41, 5.74) is 0. The molecule has 0 rings (SSSR count). The number of hydrogen-bond donors (Lipinski definition) is 0. The van der Waals surface area contributed by atoms with Gasteiger partial charge < -0.3 is 0 Å². The van der Waals surface area contributed by atoms with Gasteiger partial charge in [0.15, 0.2) is 0 Å². The van der Waals surface area contributed by atoms with Crippen LogP contribution in [0.3, 0.4) is 0 Å². The van der Waals surface area contributed by atoms with Crippen molar-refractivity contribution in [2.24, 2.45) is 0 Å². The summed E-state index contributed by atoms with van der Waals surface area (Å²) < 4.78 is 0. The maximum absolute atomic E-state index is 0. The Morgan fingerprint density at radius 3 is 1.00 bits per heavy atom. The number of rotatable bonds is 0. The standard InChI is InChI=1S/Fe.Ni.H2S.H2Te/h;;2*1H2. The van der Waals surface area contributed by atoms with Gasteiger partial charge in [0.25, 0.3) is 0 Å². The van der Waals surface area contributed by atoms with Crippen molar-refractivity contribution in [3.05, 3.63) is 0 Å². The molecule has 0 radical (unpaired) electrons. The zero-order chi connectivity index (χ0) is 0. The van der Waals surface area contributed by atoms with Crippen molar-refractivity contribution in [3.63, 3.8) is 0 Å². The first-order valence-electron chi connectivity index (χ1n) is 0. The average molecular weight is 278 g/mol. The molecular formula is H4FeNiSTe. The summed E-state index contributed by atoms with van der Waals surface area (Å²) in [4.78, 5) is 0. The van der Waals surface area contributed by atoms with Crippen LogP contribution in [0.2, 0.25) is 0 Å². The third kappa shape index (κ3) is 8.91. The predicted octanol–water partition coefficient (Wildman–Crippen LogP) is -0.808. The van der Waals surface area contributed by atoms with Crippen LogP contribution >= 0.6 is 13.5 Å². The van der Waals surface area contributed by atoms with Crippen molar-refractivity contribution in [2.45, 2.75) is 0 Å². The van der Waals surface area contributed by atoms with Gasteiger partial charge in [-0.1, -0.05) is 0 Å². The van der Waals surface area contributed by atoms with Crippen LogP contribution in [-0.2, 0) is 33.6 Å². The van der Waals surface area contributed by atoms with Gasteiger partial charge in [0, 0.05) is 33.6 Å². The van der Waals surface area contributed by atoms with Crippen LogP contribution in [0.25, 0.3) is 0 Å². The topological polar surface area (TPSA) is 0 Å². The molecule has 0 saturated heterocycles. The van der Waals surface area contributed by atoms with Crippen LogP contribution in [0.4, 0.5) is 0 Å². The quantitative estimate of drug-likeness (QED) is 0.509. The van der Waals surface area contributed by atoms with Gasteiger partial charge in [-0.15, -0.1) is 0 Å². The molecule has 0 atom stereocenters. The van der Waals surface area contributed by atoms with Crippen molar-refractivity contribution in [1.29, 1.82) is 0 Å². The summed E-state index contributed by atoms with van der Waals surface area (Å²) in [6.45, 7) is 0. The Hall–Kier alpha value is 2.15. The van der Waals surface area contributed by atoms with Crippen LogP contribution in [0.15, 0.2) is 0 Å². The Balaban J connectivity index is 0. The molecule has 0 aliphatic carbocycles. The van der Waals surface area contributed by atoms with Crippen LogP contribution in [0.1, 0.15) is 0 Å². The molecule has 0 aromatic carbocycles. The molecule has 0 aromatic rings. The molecule has 0 aliphatic heterocycles. The summed E-state index contributed by atoms with van der Waals surface area (Å²) in [5, 5.41) is 0. The molecule has 0 aliphatic rings. The van der Waals surface area contributed by atoms with Gasteiger partial charge in [0.2, 0.25) is 0 Å². The van der Waals surface area contributed by atoms with E-state index < -0.39 is 0 Å². The van der Waals surface area contributed by atoms with E-state index in [2.05, 4.69) is 0 Å².